The van der Waals surface area contributed by atoms with E-state index in [2.05, 4.69) is 38.1 Å². The van der Waals surface area contributed by atoms with E-state index in [4.69, 9.17) is 14.5 Å². The summed E-state index contributed by atoms with van der Waals surface area (Å²) >= 11 is 0. The maximum atomic E-state index is 6.06. The minimum Gasteiger partial charge on any atom is -0.496 e. The molecule has 0 amide bonds. The lowest BCUT2D eigenvalue weighted by Gasteiger charge is -2.50. The Kier molecular flexibility index (Phi) is 5.37. The zero-order valence-electron chi connectivity index (χ0n) is 18.5. The van der Waals surface area contributed by atoms with Crippen molar-refractivity contribution < 1.29 is 14.5 Å². The van der Waals surface area contributed by atoms with Crippen LogP contribution in [0.5, 0.6) is 5.75 Å². The molecule has 0 aromatic heterocycles. The molecule has 0 bridgehead atoms. The van der Waals surface area contributed by atoms with Gasteiger partial charge in [-0.1, -0.05) is 43.3 Å². The highest BCUT2D eigenvalue weighted by molar-refractivity contribution is 5.45. The quantitative estimate of drug-likeness (QED) is 0.426. The molecule has 0 radical (unpaired) electrons. The van der Waals surface area contributed by atoms with Gasteiger partial charge in [0.25, 0.3) is 0 Å². The zero-order valence-corrected chi connectivity index (χ0v) is 18.5. The van der Waals surface area contributed by atoms with Gasteiger partial charge in [-0.15, -0.1) is 0 Å². The molecule has 0 heterocycles. The summed E-state index contributed by atoms with van der Waals surface area (Å²) < 4.78 is 5.66. The average molecular weight is 407 g/mol. The molecule has 3 unspecified atom stereocenters. The first kappa shape index (κ1) is 20.1. The Balaban J connectivity index is 1.30. The molecular weight excluding hydrogens is 372 g/mol. The molecule has 0 spiro atoms. The Bertz CT molecular complexity index is 892. The summed E-state index contributed by atoms with van der Waals surface area (Å²) in [5, 5.41) is 0. The Hall–Kier alpha value is -1.84. The predicted octanol–water partition coefficient (Wildman–Crippen LogP) is 6.38. The molecule has 0 saturated heterocycles. The Morgan fingerprint density at radius 1 is 1.03 bits per heavy atom. The van der Waals surface area contributed by atoms with Crippen molar-refractivity contribution in [3.05, 3.63) is 64.7 Å². The molecule has 0 aliphatic heterocycles. The van der Waals surface area contributed by atoms with Crippen LogP contribution in [0.3, 0.4) is 0 Å². The highest BCUT2D eigenvalue weighted by Crippen LogP contribution is 2.61. The van der Waals surface area contributed by atoms with Crippen LogP contribution < -0.4 is 4.74 Å². The Morgan fingerprint density at radius 3 is 2.67 bits per heavy atom. The van der Waals surface area contributed by atoms with Crippen molar-refractivity contribution in [3.8, 4) is 5.75 Å². The van der Waals surface area contributed by atoms with Crippen LogP contribution >= 0.6 is 0 Å². The van der Waals surface area contributed by atoms with E-state index in [0.29, 0.717) is 12.5 Å². The fourth-order valence-electron chi connectivity index (χ4n) is 6.81. The number of hydrogen-bond donors (Lipinski definition) is 0. The standard InChI is InChI=1S/C27H34O3/c1-18-15-20-9-10-22-21(23(20)16-25(18)28-3)13-14-27(2)24(22)11-12-26(27)30-29-17-19-7-5-4-6-8-19/h4-8,15-16,21-22,24,26H,9-14,17H2,1-3H3/t21?,22?,24?,26-,27+/m1/s1. The number of benzene rings is 2. The van der Waals surface area contributed by atoms with Crippen molar-refractivity contribution in [1.29, 1.82) is 0 Å². The molecule has 3 aliphatic rings. The van der Waals surface area contributed by atoms with Gasteiger partial charge in [-0.3, -0.25) is 0 Å². The van der Waals surface area contributed by atoms with Gasteiger partial charge in [0, 0.05) is 5.41 Å². The normalized spacial score (nSPS) is 32.2. The second-order valence-corrected chi connectivity index (χ2v) is 9.89. The van der Waals surface area contributed by atoms with Crippen LogP contribution in [-0.2, 0) is 22.8 Å². The lowest BCUT2D eigenvalue weighted by Crippen LogP contribution is -2.44. The molecule has 2 aromatic rings. The molecule has 3 aliphatic carbocycles. The highest BCUT2D eigenvalue weighted by atomic mass is 17.2. The van der Waals surface area contributed by atoms with Crippen LogP contribution in [0, 0.1) is 24.2 Å². The van der Waals surface area contributed by atoms with Gasteiger partial charge in [-0.25, -0.2) is 9.78 Å². The molecule has 2 aromatic carbocycles. The number of hydrogen-bond acceptors (Lipinski definition) is 3. The maximum Gasteiger partial charge on any atom is 0.122 e. The highest BCUT2D eigenvalue weighted by Gasteiger charge is 2.55. The van der Waals surface area contributed by atoms with E-state index in [0.717, 1.165) is 29.6 Å². The summed E-state index contributed by atoms with van der Waals surface area (Å²) in [4.78, 5) is 11.8. The fraction of sp³-hybridized carbons (Fsp3) is 0.556. The van der Waals surface area contributed by atoms with E-state index in [-0.39, 0.29) is 11.5 Å². The number of aryl methyl sites for hydroxylation is 2. The van der Waals surface area contributed by atoms with E-state index in [1.165, 1.54) is 37.7 Å². The summed E-state index contributed by atoms with van der Waals surface area (Å²) in [6.07, 6.45) is 7.55. The first-order chi connectivity index (χ1) is 14.6. The van der Waals surface area contributed by atoms with Crippen molar-refractivity contribution in [1.82, 2.24) is 0 Å². The molecule has 160 valence electrons. The molecular formula is C27H34O3. The van der Waals surface area contributed by atoms with Gasteiger partial charge >= 0.3 is 0 Å². The lowest BCUT2D eigenvalue weighted by molar-refractivity contribution is -0.351. The maximum absolute atomic E-state index is 6.06. The summed E-state index contributed by atoms with van der Waals surface area (Å²) in [6, 6.07) is 15.0. The van der Waals surface area contributed by atoms with Gasteiger partial charge in [0.1, 0.15) is 12.4 Å². The third-order valence-electron chi connectivity index (χ3n) is 8.41. The van der Waals surface area contributed by atoms with E-state index < -0.39 is 0 Å². The smallest absolute Gasteiger partial charge is 0.122 e. The van der Waals surface area contributed by atoms with Gasteiger partial charge in [0.05, 0.1) is 13.2 Å². The first-order valence-electron chi connectivity index (χ1n) is 11.6. The molecule has 5 atom stereocenters. The molecule has 0 N–H and O–H groups in total. The van der Waals surface area contributed by atoms with Crippen LogP contribution in [0.2, 0.25) is 0 Å². The third-order valence-corrected chi connectivity index (χ3v) is 8.41. The Labute approximate surface area is 180 Å². The number of ether oxygens (including phenoxy) is 1. The van der Waals surface area contributed by atoms with Crippen molar-refractivity contribution in [2.75, 3.05) is 7.11 Å². The fourth-order valence-corrected chi connectivity index (χ4v) is 6.81. The summed E-state index contributed by atoms with van der Waals surface area (Å²) in [7, 11) is 1.79. The molecule has 3 heteroatoms. The van der Waals surface area contributed by atoms with Crippen molar-refractivity contribution in [2.24, 2.45) is 17.3 Å². The minimum absolute atomic E-state index is 0.209. The Morgan fingerprint density at radius 2 is 1.87 bits per heavy atom. The number of methoxy groups -OCH3 is 1. The SMILES string of the molecule is COc1cc2c(cc1C)CCC1C2CC[C@@]2(C)C1CC[C@H]2OOCc1ccccc1. The van der Waals surface area contributed by atoms with Crippen LogP contribution in [0.25, 0.3) is 0 Å². The van der Waals surface area contributed by atoms with Crippen LogP contribution in [0.4, 0.5) is 0 Å². The average Bonchev–Trinajstić information content (AvgIpc) is 3.10. The van der Waals surface area contributed by atoms with Crippen LogP contribution in [0.15, 0.2) is 42.5 Å². The van der Waals surface area contributed by atoms with Gasteiger partial charge in [0.2, 0.25) is 0 Å². The molecule has 2 saturated carbocycles. The number of rotatable bonds is 5. The monoisotopic (exact) mass is 406 g/mol. The van der Waals surface area contributed by atoms with E-state index in [9.17, 15) is 0 Å². The number of fused-ring (bicyclic) bond motifs is 5. The second kappa shape index (κ2) is 8.01. The third kappa shape index (κ3) is 3.36. The van der Waals surface area contributed by atoms with Gasteiger partial charge in [-0.2, -0.15) is 0 Å². The van der Waals surface area contributed by atoms with Gasteiger partial charge in [-0.05, 0) is 91.5 Å². The summed E-state index contributed by atoms with van der Waals surface area (Å²) in [5.41, 5.74) is 5.76. The minimum atomic E-state index is 0.209. The van der Waals surface area contributed by atoms with Gasteiger partial charge in [0.15, 0.2) is 0 Å². The molecule has 3 nitrogen and oxygen atoms in total. The van der Waals surface area contributed by atoms with E-state index >= 15 is 0 Å². The second-order valence-electron chi connectivity index (χ2n) is 9.89. The van der Waals surface area contributed by atoms with Crippen LogP contribution in [-0.4, -0.2) is 13.2 Å². The van der Waals surface area contributed by atoms with Crippen molar-refractivity contribution in [3.63, 3.8) is 0 Å². The van der Waals surface area contributed by atoms with Crippen molar-refractivity contribution >= 4 is 0 Å². The summed E-state index contributed by atoms with van der Waals surface area (Å²) in [5.74, 6) is 3.20. The molecule has 5 rings (SSSR count). The first-order valence-corrected chi connectivity index (χ1v) is 11.6. The van der Waals surface area contributed by atoms with E-state index in [1.54, 1.807) is 18.2 Å². The molecule has 2 fully saturated rings. The van der Waals surface area contributed by atoms with Crippen LogP contribution in [0.1, 0.15) is 67.2 Å². The molecule has 30 heavy (non-hydrogen) atoms. The summed E-state index contributed by atoms with van der Waals surface area (Å²) in [6.45, 7) is 5.15. The predicted molar refractivity (Wildman–Crippen MR) is 118 cm³/mol. The zero-order chi connectivity index (χ0) is 20.7. The van der Waals surface area contributed by atoms with E-state index in [1.807, 2.05) is 18.2 Å². The largest absolute Gasteiger partial charge is 0.496 e. The topological polar surface area (TPSA) is 27.7 Å². The van der Waals surface area contributed by atoms with Crippen molar-refractivity contribution in [2.45, 2.75) is 71.0 Å². The van der Waals surface area contributed by atoms with Gasteiger partial charge < -0.3 is 4.74 Å². The lowest BCUT2D eigenvalue weighted by atomic mass is 9.55.